The average molecular weight is 375 g/mol. The van der Waals surface area contributed by atoms with Crippen LogP contribution in [-0.4, -0.2) is 29.6 Å². The molecule has 5 nitrogen and oxygen atoms in total. The van der Waals surface area contributed by atoms with E-state index in [-0.39, 0.29) is 0 Å². The molecule has 3 rings (SSSR count). The summed E-state index contributed by atoms with van der Waals surface area (Å²) in [5.74, 6) is 0.658. The first-order chi connectivity index (χ1) is 12.1. The second-order valence-electron chi connectivity index (χ2n) is 5.76. The number of benzene rings is 1. The van der Waals surface area contributed by atoms with Gasteiger partial charge < -0.3 is 15.7 Å². The molecule has 0 aliphatic rings. The lowest BCUT2D eigenvalue weighted by molar-refractivity contribution is 0.184. The van der Waals surface area contributed by atoms with Crippen LogP contribution in [0.3, 0.4) is 0 Å². The van der Waals surface area contributed by atoms with Crippen molar-refractivity contribution in [1.29, 1.82) is 0 Å². The van der Waals surface area contributed by atoms with Crippen LogP contribution in [0.5, 0.6) is 0 Å². The van der Waals surface area contributed by atoms with Crippen LogP contribution in [-0.2, 0) is 6.54 Å². The van der Waals surface area contributed by atoms with Crippen LogP contribution in [0.4, 0.5) is 0 Å². The third kappa shape index (κ3) is 4.36. The maximum atomic E-state index is 10.4. The van der Waals surface area contributed by atoms with Gasteiger partial charge in [0.1, 0.15) is 11.1 Å². The van der Waals surface area contributed by atoms with Gasteiger partial charge in [0.05, 0.1) is 12.2 Å². The predicted octanol–water partition coefficient (Wildman–Crippen LogP) is 3.37. The molecule has 3 N–H and O–H groups in total. The number of thiophene rings is 1. The second-order valence-corrected chi connectivity index (χ2v) is 8.16. The molecule has 0 bridgehead atoms. The minimum Gasteiger partial charge on any atom is -0.386 e. The van der Waals surface area contributed by atoms with Crippen molar-refractivity contribution in [3.63, 3.8) is 0 Å². The third-order valence-electron chi connectivity index (χ3n) is 3.94. The number of aliphatic imine (C=N–C) groups is 1. The molecule has 0 fully saturated rings. The molecule has 1 atom stereocenters. The highest BCUT2D eigenvalue weighted by atomic mass is 32.1. The van der Waals surface area contributed by atoms with E-state index in [9.17, 15) is 5.11 Å². The normalized spacial score (nSPS) is 13.2. The zero-order valence-electron chi connectivity index (χ0n) is 14.5. The van der Waals surface area contributed by atoms with Crippen LogP contribution in [0, 0.1) is 13.8 Å². The summed E-state index contributed by atoms with van der Waals surface area (Å²) in [6.45, 7) is 5.12. The molecule has 2 heterocycles. The van der Waals surface area contributed by atoms with E-state index in [4.69, 9.17) is 0 Å². The standard InChI is InChI=1S/C18H22N4OS2/c1-11-12(2)24-17(22-11)10-21-18(19-3)20-9-14(23)16-8-13-6-4-5-7-15(13)25-16/h4-8,14,23H,9-10H2,1-3H3,(H2,19,20,21). The monoisotopic (exact) mass is 374 g/mol. The summed E-state index contributed by atoms with van der Waals surface area (Å²) in [6.07, 6.45) is -0.569. The van der Waals surface area contributed by atoms with E-state index in [1.54, 1.807) is 29.7 Å². The molecule has 0 aliphatic heterocycles. The number of aryl methyl sites for hydroxylation is 2. The molecule has 0 saturated heterocycles. The van der Waals surface area contributed by atoms with Crippen LogP contribution in [0.15, 0.2) is 35.3 Å². The van der Waals surface area contributed by atoms with Crippen LogP contribution in [0.25, 0.3) is 10.1 Å². The Hall–Kier alpha value is -1.96. The first-order valence-corrected chi connectivity index (χ1v) is 9.74. The van der Waals surface area contributed by atoms with Gasteiger partial charge in [0.2, 0.25) is 0 Å². The maximum Gasteiger partial charge on any atom is 0.191 e. The molecule has 0 aliphatic carbocycles. The fraction of sp³-hybridized carbons (Fsp3) is 0.333. The van der Waals surface area contributed by atoms with Gasteiger partial charge in [-0.3, -0.25) is 4.99 Å². The van der Waals surface area contributed by atoms with Crippen molar-refractivity contribution in [3.05, 3.63) is 50.8 Å². The smallest absolute Gasteiger partial charge is 0.191 e. The van der Waals surface area contributed by atoms with Gasteiger partial charge in [0, 0.05) is 28.0 Å². The summed E-state index contributed by atoms with van der Waals surface area (Å²) in [5, 5.41) is 19.1. The molecule has 0 spiro atoms. The summed E-state index contributed by atoms with van der Waals surface area (Å²) in [7, 11) is 1.72. The lowest BCUT2D eigenvalue weighted by Gasteiger charge is -2.14. The molecule has 0 radical (unpaired) electrons. The van der Waals surface area contributed by atoms with Gasteiger partial charge in [0.15, 0.2) is 5.96 Å². The van der Waals surface area contributed by atoms with Crippen LogP contribution in [0.1, 0.15) is 26.6 Å². The van der Waals surface area contributed by atoms with E-state index >= 15 is 0 Å². The minimum absolute atomic E-state index is 0.405. The molecule has 0 amide bonds. The molecule has 2 aromatic heterocycles. The number of nitrogens with zero attached hydrogens (tertiary/aromatic N) is 2. The van der Waals surface area contributed by atoms with Crippen molar-refractivity contribution in [3.8, 4) is 0 Å². The van der Waals surface area contributed by atoms with E-state index in [1.807, 2.05) is 25.1 Å². The fourth-order valence-corrected chi connectivity index (χ4v) is 4.38. The number of aliphatic hydroxyl groups excluding tert-OH is 1. The Morgan fingerprint density at radius 3 is 2.72 bits per heavy atom. The second kappa shape index (κ2) is 7.95. The van der Waals surface area contributed by atoms with Crippen molar-refractivity contribution in [2.75, 3.05) is 13.6 Å². The van der Waals surface area contributed by atoms with Gasteiger partial charge in [-0.15, -0.1) is 22.7 Å². The van der Waals surface area contributed by atoms with E-state index in [0.29, 0.717) is 19.0 Å². The van der Waals surface area contributed by atoms with E-state index in [0.717, 1.165) is 15.6 Å². The van der Waals surface area contributed by atoms with Gasteiger partial charge in [-0.05, 0) is 31.4 Å². The van der Waals surface area contributed by atoms with E-state index in [2.05, 4.69) is 39.7 Å². The highest BCUT2D eigenvalue weighted by Gasteiger charge is 2.12. The third-order valence-corrected chi connectivity index (χ3v) is 6.23. The predicted molar refractivity (Wildman–Crippen MR) is 107 cm³/mol. The topological polar surface area (TPSA) is 69.5 Å². The van der Waals surface area contributed by atoms with Crippen LogP contribution in [0.2, 0.25) is 0 Å². The summed E-state index contributed by atoms with van der Waals surface area (Å²) in [4.78, 5) is 10.9. The number of aromatic nitrogens is 1. The number of rotatable bonds is 5. The van der Waals surface area contributed by atoms with E-state index in [1.165, 1.54) is 15.0 Å². The van der Waals surface area contributed by atoms with Gasteiger partial charge in [-0.2, -0.15) is 0 Å². The molecule has 3 aromatic rings. The molecular formula is C18H22N4OS2. The van der Waals surface area contributed by atoms with Crippen LogP contribution >= 0.6 is 22.7 Å². The van der Waals surface area contributed by atoms with Gasteiger partial charge in [-0.25, -0.2) is 4.98 Å². The highest BCUT2D eigenvalue weighted by Crippen LogP contribution is 2.29. The lowest BCUT2D eigenvalue weighted by atomic mass is 10.2. The Kier molecular flexibility index (Phi) is 5.67. The Morgan fingerprint density at radius 2 is 2.04 bits per heavy atom. The Labute approximate surface area is 155 Å². The number of fused-ring (bicyclic) bond motifs is 1. The summed E-state index contributed by atoms with van der Waals surface area (Å²) in [5.41, 5.74) is 1.07. The molecule has 0 saturated carbocycles. The number of guanidine groups is 1. The van der Waals surface area contributed by atoms with Crippen molar-refractivity contribution in [2.45, 2.75) is 26.5 Å². The Bertz CT molecular complexity index is 832. The molecule has 1 aromatic carbocycles. The SMILES string of the molecule is CN=C(NCc1nc(C)c(C)s1)NCC(O)c1cc2ccccc2s1. The summed E-state index contributed by atoms with van der Waals surface area (Å²) >= 11 is 3.31. The summed E-state index contributed by atoms with van der Waals surface area (Å²) in [6, 6.07) is 10.2. The number of thiazole rings is 1. The maximum absolute atomic E-state index is 10.4. The number of aliphatic hydroxyl groups is 1. The Morgan fingerprint density at radius 1 is 1.24 bits per heavy atom. The van der Waals surface area contributed by atoms with Gasteiger partial charge in [-0.1, -0.05) is 18.2 Å². The zero-order valence-corrected chi connectivity index (χ0v) is 16.2. The molecular weight excluding hydrogens is 352 g/mol. The van der Waals surface area contributed by atoms with Crippen molar-refractivity contribution >= 4 is 38.7 Å². The quantitative estimate of drug-likeness (QED) is 0.473. The van der Waals surface area contributed by atoms with E-state index < -0.39 is 6.10 Å². The molecule has 1 unspecified atom stereocenters. The van der Waals surface area contributed by atoms with Gasteiger partial charge >= 0.3 is 0 Å². The summed E-state index contributed by atoms with van der Waals surface area (Å²) < 4.78 is 1.19. The lowest BCUT2D eigenvalue weighted by Crippen LogP contribution is -2.38. The Balaban J connectivity index is 1.55. The first-order valence-electron chi connectivity index (χ1n) is 8.11. The largest absolute Gasteiger partial charge is 0.386 e. The zero-order chi connectivity index (χ0) is 17.8. The van der Waals surface area contributed by atoms with Crippen molar-refractivity contribution in [1.82, 2.24) is 15.6 Å². The number of hydrogen-bond acceptors (Lipinski definition) is 5. The van der Waals surface area contributed by atoms with Gasteiger partial charge in [0.25, 0.3) is 0 Å². The average Bonchev–Trinajstić information content (AvgIpc) is 3.18. The van der Waals surface area contributed by atoms with Crippen molar-refractivity contribution in [2.24, 2.45) is 4.99 Å². The molecule has 25 heavy (non-hydrogen) atoms. The number of nitrogens with one attached hydrogen (secondary N) is 2. The fourth-order valence-electron chi connectivity index (χ4n) is 2.46. The van der Waals surface area contributed by atoms with Crippen molar-refractivity contribution < 1.29 is 5.11 Å². The van der Waals surface area contributed by atoms with Crippen LogP contribution < -0.4 is 10.6 Å². The number of hydrogen-bond donors (Lipinski definition) is 3. The minimum atomic E-state index is -0.569. The highest BCUT2D eigenvalue weighted by molar-refractivity contribution is 7.19. The first kappa shape index (κ1) is 17.8. The molecule has 132 valence electrons. The molecule has 7 heteroatoms.